The first-order valence-corrected chi connectivity index (χ1v) is 5.00. The molecule has 0 saturated carbocycles. The Bertz CT molecular complexity index is 183. The third kappa shape index (κ3) is 5.45. The maximum atomic E-state index is 10.7. The molecule has 0 aromatic carbocycles. The highest BCUT2D eigenvalue weighted by molar-refractivity contribution is 5.86. The minimum atomic E-state index is -0.772. The molecule has 76 valence electrons. The van der Waals surface area contributed by atoms with Gasteiger partial charge in [0.1, 0.15) is 0 Å². The summed E-state index contributed by atoms with van der Waals surface area (Å²) in [5.74, 6) is -0.284. The molecule has 0 aliphatic carbocycles. The number of carbonyl (C=O) groups is 1. The largest absolute Gasteiger partial charge is 0.478 e. The summed E-state index contributed by atoms with van der Waals surface area (Å²) in [5.41, 5.74) is 0.545. The lowest BCUT2D eigenvalue weighted by molar-refractivity contribution is -0.132. The fourth-order valence-corrected chi connectivity index (χ4v) is 1.36. The summed E-state index contributed by atoms with van der Waals surface area (Å²) in [4.78, 5) is 10.7. The second kappa shape index (κ2) is 6.70. The van der Waals surface area contributed by atoms with Crippen molar-refractivity contribution in [2.45, 2.75) is 46.5 Å². The summed E-state index contributed by atoms with van der Waals surface area (Å²) >= 11 is 0. The van der Waals surface area contributed by atoms with Crippen molar-refractivity contribution in [2.75, 3.05) is 0 Å². The maximum absolute atomic E-state index is 10.7. The number of carboxylic acids is 1. The lowest BCUT2D eigenvalue weighted by Gasteiger charge is -2.10. The minimum Gasteiger partial charge on any atom is -0.478 e. The molecule has 1 N–H and O–H groups in total. The highest BCUT2D eigenvalue weighted by atomic mass is 16.4. The van der Waals surface area contributed by atoms with Crippen LogP contribution in [0.2, 0.25) is 0 Å². The van der Waals surface area contributed by atoms with Crippen molar-refractivity contribution in [3.63, 3.8) is 0 Å². The number of aliphatic carboxylic acids is 1. The zero-order valence-corrected chi connectivity index (χ0v) is 8.84. The Morgan fingerprint density at radius 2 is 2.15 bits per heavy atom. The molecule has 0 amide bonds. The van der Waals surface area contributed by atoms with Crippen LogP contribution in [0.4, 0.5) is 0 Å². The first kappa shape index (κ1) is 12.2. The molecule has 0 aromatic rings. The molecule has 0 saturated heterocycles. The second-order valence-corrected chi connectivity index (χ2v) is 3.57. The van der Waals surface area contributed by atoms with Gasteiger partial charge in [-0.2, -0.15) is 0 Å². The molecule has 0 aliphatic heterocycles. The number of hydrogen-bond donors (Lipinski definition) is 1. The van der Waals surface area contributed by atoms with Crippen LogP contribution in [0.1, 0.15) is 46.5 Å². The van der Waals surface area contributed by atoms with Gasteiger partial charge in [0.05, 0.1) is 0 Å². The highest BCUT2D eigenvalue weighted by Crippen LogP contribution is 2.17. The first-order valence-electron chi connectivity index (χ1n) is 5.00. The van der Waals surface area contributed by atoms with Crippen LogP contribution in [-0.4, -0.2) is 11.1 Å². The molecule has 2 heteroatoms. The summed E-state index contributed by atoms with van der Waals surface area (Å²) in [6.45, 7) is 6.05. The summed E-state index contributed by atoms with van der Waals surface area (Å²) in [6, 6.07) is 0. The van der Waals surface area contributed by atoms with E-state index in [1.54, 1.807) is 13.0 Å². The fraction of sp³-hybridized carbons (Fsp3) is 0.727. The Hall–Kier alpha value is -0.790. The summed E-state index contributed by atoms with van der Waals surface area (Å²) in [6.07, 6.45) is 5.90. The van der Waals surface area contributed by atoms with Crippen LogP contribution >= 0.6 is 0 Å². The molecular weight excluding hydrogens is 164 g/mol. The molecule has 0 rings (SSSR count). The van der Waals surface area contributed by atoms with E-state index in [2.05, 4.69) is 13.8 Å². The van der Waals surface area contributed by atoms with Gasteiger partial charge >= 0.3 is 5.97 Å². The maximum Gasteiger partial charge on any atom is 0.331 e. The third-order valence-electron chi connectivity index (χ3n) is 2.24. The van der Waals surface area contributed by atoms with Gasteiger partial charge in [0.2, 0.25) is 0 Å². The highest BCUT2D eigenvalue weighted by Gasteiger charge is 2.10. The van der Waals surface area contributed by atoms with Crippen molar-refractivity contribution < 1.29 is 9.90 Å². The van der Waals surface area contributed by atoms with E-state index < -0.39 is 5.97 Å². The van der Waals surface area contributed by atoms with Gasteiger partial charge in [0.15, 0.2) is 0 Å². The molecule has 0 aliphatic rings. The van der Waals surface area contributed by atoms with Gasteiger partial charge in [0.25, 0.3) is 0 Å². The van der Waals surface area contributed by atoms with Crippen LogP contribution in [0.25, 0.3) is 0 Å². The van der Waals surface area contributed by atoms with Gasteiger partial charge in [-0.15, -0.1) is 0 Å². The number of allylic oxidation sites excluding steroid dienone is 1. The van der Waals surface area contributed by atoms with Gasteiger partial charge in [-0.05, 0) is 19.3 Å². The predicted octanol–water partition coefficient (Wildman–Crippen LogP) is 3.23. The van der Waals surface area contributed by atoms with E-state index in [0.29, 0.717) is 17.9 Å². The summed E-state index contributed by atoms with van der Waals surface area (Å²) < 4.78 is 0. The van der Waals surface area contributed by atoms with Crippen LogP contribution in [0.3, 0.4) is 0 Å². The van der Waals surface area contributed by atoms with Crippen molar-refractivity contribution in [1.82, 2.24) is 0 Å². The standard InChI is InChI=1S/C11H20O2/c1-4-6-7-9(3)8-10(5-2)11(12)13/h5,9H,4,6-8H2,1-3H3,(H,12,13)/b10-5+. The summed E-state index contributed by atoms with van der Waals surface area (Å²) in [7, 11) is 0. The van der Waals surface area contributed by atoms with Crippen LogP contribution < -0.4 is 0 Å². The van der Waals surface area contributed by atoms with Gasteiger partial charge in [0, 0.05) is 5.57 Å². The van der Waals surface area contributed by atoms with Crippen LogP contribution in [0.15, 0.2) is 11.6 Å². The van der Waals surface area contributed by atoms with Crippen molar-refractivity contribution in [3.8, 4) is 0 Å². The fourth-order valence-electron chi connectivity index (χ4n) is 1.36. The van der Waals surface area contributed by atoms with Gasteiger partial charge < -0.3 is 5.11 Å². The molecule has 0 aromatic heterocycles. The minimum absolute atomic E-state index is 0.488. The molecule has 13 heavy (non-hydrogen) atoms. The van der Waals surface area contributed by atoms with Gasteiger partial charge in [-0.3, -0.25) is 0 Å². The predicted molar refractivity (Wildman–Crippen MR) is 54.7 cm³/mol. The van der Waals surface area contributed by atoms with Crippen molar-refractivity contribution in [1.29, 1.82) is 0 Å². The zero-order chi connectivity index (χ0) is 10.3. The average molecular weight is 184 g/mol. The molecular formula is C11H20O2. The van der Waals surface area contributed by atoms with E-state index >= 15 is 0 Å². The molecule has 1 atom stereocenters. The van der Waals surface area contributed by atoms with Gasteiger partial charge in [-0.1, -0.05) is 39.2 Å². The lowest BCUT2D eigenvalue weighted by Crippen LogP contribution is -2.05. The van der Waals surface area contributed by atoms with E-state index in [0.717, 1.165) is 6.42 Å². The Morgan fingerprint density at radius 1 is 1.54 bits per heavy atom. The first-order chi connectivity index (χ1) is 6.11. The Morgan fingerprint density at radius 3 is 2.54 bits per heavy atom. The molecule has 1 unspecified atom stereocenters. The smallest absolute Gasteiger partial charge is 0.331 e. The molecule has 0 spiro atoms. The average Bonchev–Trinajstić information content (AvgIpc) is 2.10. The van der Waals surface area contributed by atoms with Crippen molar-refractivity contribution in [2.24, 2.45) is 5.92 Å². The Kier molecular flexibility index (Phi) is 6.29. The van der Waals surface area contributed by atoms with Crippen LogP contribution in [0.5, 0.6) is 0 Å². The van der Waals surface area contributed by atoms with E-state index in [-0.39, 0.29) is 0 Å². The van der Waals surface area contributed by atoms with E-state index in [9.17, 15) is 4.79 Å². The normalized spacial score (nSPS) is 14.2. The number of carboxylic acid groups (broad SMARTS) is 1. The SMILES string of the molecule is C/C=C(\CC(C)CCCC)C(=O)O. The van der Waals surface area contributed by atoms with E-state index in [1.165, 1.54) is 12.8 Å². The van der Waals surface area contributed by atoms with Crippen LogP contribution in [0, 0.1) is 5.92 Å². The Balaban J connectivity index is 3.88. The Labute approximate surface area is 80.7 Å². The number of rotatable bonds is 6. The van der Waals surface area contributed by atoms with Crippen molar-refractivity contribution in [3.05, 3.63) is 11.6 Å². The summed E-state index contributed by atoms with van der Waals surface area (Å²) in [5, 5.41) is 8.78. The second-order valence-electron chi connectivity index (χ2n) is 3.57. The molecule has 0 bridgehead atoms. The number of unbranched alkanes of at least 4 members (excludes halogenated alkanes) is 1. The third-order valence-corrected chi connectivity index (χ3v) is 2.24. The molecule has 0 radical (unpaired) electrons. The zero-order valence-electron chi connectivity index (χ0n) is 8.84. The topological polar surface area (TPSA) is 37.3 Å². The van der Waals surface area contributed by atoms with Gasteiger partial charge in [-0.25, -0.2) is 4.79 Å². The van der Waals surface area contributed by atoms with E-state index in [1.807, 2.05) is 0 Å². The monoisotopic (exact) mass is 184 g/mol. The van der Waals surface area contributed by atoms with Crippen LogP contribution in [-0.2, 0) is 4.79 Å². The lowest BCUT2D eigenvalue weighted by atomic mass is 9.96. The molecule has 0 heterocycles. The van der Waals surface area contributed by atoms with E-state index in [4.69, 9.17) is 5.11 Å². The molecule has 0 fully saturated rings. The molecule has 2 nitrogen and oxygen atoms in total. The number of hydrogen-bond acceptors (Lipinski definition) is 1. The van der Waals surface area contributed by atoms with Crippen molar-refractivity contribution >= 4 is 5.97 Å². The quantitative estimate of drug-likeness (QED) is 0.643.